The molecule has 0 spiro atoms. The minimum absolute atomic E-state index is 0.230. The number of halogens is 1. The van der Waals surface area contributed by atoms with Crippen LogP contribution in [0.1, 0.15) is 29.6 Å². The number of likely N-dealkylation sites (N-methyl/N-ethyl adjacent to an activating group) is 1. The van der Waals surface area contributed by atoms with Crippen molar-refractivity contribution in [3.05, 3.63) is 34.3 Å². The zero-order valence-corrected chi connectivity index (χ0v) is 13.9. The molecule has 1 aliphatic heterocycles. The molecular formula is C16H23BrN2O. The number of carbonyl (C=O) groups excluding carboxylic acids is 1. The first kappa shape index (κ1) is 15.7. The fourth-order valence-corrected chi connectivity index (χ4v) is 3.39. The van der Waals surface area contributed by atoms with Crippen LogP contribution < -0.4 is 0 Å². The molecule has 1 heterocycles. The van der Waals surface area contributed by atoms with Crippen molar-refractivity contribution in [2.45, 2.75) is 25.3 Å². The Labute approximate surface area is 130 Å². The van der Waals surface area contributed by atoms with E-state index in [1.165, 1.54) is 12.8 Å². The Balaban J connectivity index is 1.88. The largest absolute Gasteiger partial charge is 0.308 e. The van der Waals surface area contributed by atoms with Crippen LogP contribution in [0.15, 0.2) is 28.7 Å². The molecule has 110 valence electrons. The van der Waals surface area contributed by atoms with Crippen LogP contribution in [-0.4, -0.2) is 55.4 Å². The van der Waals surface area contributed by atoms with E-state index in [0.717, 1.165) is 29.7 Å². The van der Waals surface area contributed by atoms with Gasteiger partial charge in [0.25, 0.3) is 0 Å². The Kier molecular flexibility index (Phi) is 5.75. The summed E-state index contributed by atoms with van der Waals surface area (Å²) < 4.78 is 0.899. The standard InChI is InChI=1S/C16H23BrN2O/c1-18(2)12-13-6-5-10-19(13)11-9-16(20)14-7-3-4-8-15(14)17/h3-4,7-8,13H,5-6,9-12H2,1-2H3. The number of hydrogen-bond donors (Lipinski definition) is 0. The van der Waals surface area contributed by atoms with Crippen molar-refractivity contribution in [3.8, 4) is 0 Å². The van der Waals surface area contributed by atoms with Crippen molar-refractivity contribution in [1.29, 1.82) is 0 Å². The van der Waals surface area contributed by atoms with E-state index in [4.69, 9.17) is 0 Å². The minimum Gasteiger partial charge on any atom is -0.308 e. The second kappa shape index (κ2) is 7.34. The van der Waals surface area contributed by atoms with Gasteiger partial charge in [-0.2, -0.15) is 0 Å². The Hall–Kier alpha value is -0.710. The molecule has 0 amide bonds. The predicted octanol–water partition coefficient (Wildman–Crippen LogP) is 3.05. The summed E-state index contributed by atoms with van der Waals surface area (Å²) >= 11 is 3.45. The van der Waals surface area contributed by atoms with Crippen molar-refractivity contribution in [1.82, 2.24) is 9.80 Å². The number of rotatable bonds is 6. The normalized spacial score (nSPS) is 19.7. The molecule has 0 saturated carbocycles. The van der Waals surface area contributed by atoms with Crippen molar-refractivity contribution < 1.29 is 4.79 Å². The third-order valence-electron chi connectivity index (χ3n) is 3.88. The molecule has 3 nitrogen and oxygen atoms in total. The van der Waals surface area contributed by atoms with Crippen molar-refractivity contribution in [2.24, 2.45) is 0 Å². The molecule has 20 heavy (non-hydrogen) atoms. The smallest absolute Gasteiger partial charge is 0.165 e. The van der Waals surface area contributed by atoms with Gasteiger partial charge in [0, 0.05) is 35.6 Å². The van der Waals surface area contributed by atoms with E-state index < -0.39 is 0 Å². The molecule has 0 N–H and O–H groups in total. The van der Waals surface area contributed by atoms with Gasteiger partial charge in [-0.3, -0.25) is 9.69 Å². The fraction of sp³-hybridized carbons (Fsp3) is 0.562. The van der Waals surface area contributed by atoms with Crippen molar-refractivity contribution >= 4 is 21.7 Å². The lowest BCUT2D eigenvalue weighted by Gasteiger charge is -2.26. The summed E-state index contributed by atoms with van der Waals surface area (Å²) in [7, 11) is 4.23. The lowest BCUT2D eigenvalue weighted by Crippen LogP contribution is -2.38. The van der Waals surface area contributed by atoms with Crippen LogP contribution in [0.25, 0.3) is 0 Å². The maximum atomic E-state index is 12.3. The third kappa shape index (κ3) is 4.14. The number of nitrogens with zero attached hydrogens (tertiary/aromatic N) is 2. The maximum Gasteiger partial charge on any atom is 0.165 e. The molecule has 4 heteroatoms. The molecule has 1 unspecified atom stereocenters. The van der Waals surface area contributed by atoms with Gasteiger partial charge in [-0.1, -0.05) is 34.1 Å². The van der Waals surface area contributed by atoms with Gasteiger partial charge in [-0.15, -0.1) is 0 Å². The number of hydrogen-bond acceptors (Lipinski definition) is 3. The van der Waals surface area contributed by atoms with Crippen molar-refractivity contribution in [3.63, 3.8) is 0 Å². The lowest BCUT2D eigenvalue weighted by atomic mass is 10.1. The number of Topliss-reactive ketones (excluding diaryl/α,β-unsaturated/α-hetero) is 1. The second-order valence-corrected chi connectivity index (χ2v) is 6.60. The zero-order chi connectivity index (χ0) is 14.5. The highest BCUT2D eigenvalue weighted by molar-refractivity contribution is 9.10. The van der Waals surface area contributed by atoms with Crippen LogP contribution in [0.3, 0.4) is 0 Å². The highest BCUT2D eigenvalue weighted by atomic mass is 79.9. The highest BCUT2D eigenvalue weighted by Crippen LogP contribution is 2.21. The number of carbonyl (C=O) groups is 1. The maximum absolute atomic E-state index is 12.3. The molecule has 1 aliphatic rings. The summed E-state index contributed by atoms with van der Waals surface area (Å²) in [6, 6.07) is 8.29. The number of benzene rings is 1. The Bertz CT molecular complexity index is 462. The van der Waals surface area contributed by atoms with E-state index in [2.05, 4.69) is 39.8 Å². The Morgan fingerprint density at radius 1 is 1.40 bits per heavy atom. The molecule has 0 radical (unpaired) electrons. The molecule has 0 aliphatic carbocycles. The topological polar surface area (TPSA) is 23.6 Å². The quantitative estimate of drug-likeness (QED) is 0.745. The molecule has 1 fully saturated rings. The SMILES string of the molecule is CN(C)CC1CCCN1CCC(=O)c1ccccc1Br. The molecule has 1 saturated heterocycles. The average Bonchev–Trinajstić information content (AvgIpc) is 2.83. The summed E-state index contributed by atoms with van der Waals surface area (Å²) in [5, 5.41) is 0. The summed E-state index contributed by atoms with van der Waals surface area (Å²) in [6.07, 6.45) is 3.11. The van der Waals surface area contributed by atoms with Gasteiger partial charge in [-0.05, 0) is 39.5 Å². The first-order chi connectivity index (χ1) is 9.58. The van der Waals surface area contributed by atoms with E-state index in [0.29, 0.717) is 12.5 Å². The molecular weight excluding hydrogens is 316 g/mol. The molecule has 1 atom stereocenters. The van der Waals surface area contributed by atoms with Gasteiger partial charge < -0.3 is 4.90 Å². The first-order valence-electron chi connectivity index (χ1n) is 7.24. The Morgan fingerprint density at radius 3 is 2.85 bits per heavy atom. The van der Waals surface area contributed by atoms with Crippen LogP contribution in [0.5, 0.6) is 0 Å². The van der Waals surface area contributed by atoms with Gasteiger partial charge in [0.2, 0.25) is 0 Å². The number of ketones is 1. The molecule has 0 bridgehead atoms. The average molecular weight is 339 g/mol. The van der Waals surface area contributed by atoms with Crippen LogP contribution in [-0.2, 0) is 0 Å². The Morgan fingerprint density at radius 2 is 2.15 bits per heavy atom. The molecule has 1 aromatic carbocycles. The van der Waals surface area contributed by atoms with E-state index in [9.17, 15) is 4.79 Å². The number of likely N-dealkylation sites (tertiary alicyclic amines) is 1. The minimum atomic E-state index is 0.230. The predicted molar refractivity (Wildman–Crippen MR) is 86.2 cm³/mol. The first-order valence-corrected chi connectivity index (χ1v) is 8.03. The highest BCUT2D eigenvalue weighted by Gasteiger charge is 2.25. The van der Waals surface area contributed by atoms with E-state index in [1.807, 2.05) is 24.3 Å². The van der Waals surface area contributed by atoms with Crippen LogP contribution >= 0.6 is 15.9 Å². The summed E-state index contributed by atoms with van der Waals surface area (Å²) in [5.41, 5.74) is 0.802. The second-order valence-electron chi connectivity index (χ2n) is 5.75. The fourth-order valence-electron chi connectivity index (χ4n) is 2.88. The summed E-state index contributed by atoms with van der Waals surface area (Å²) in [4.78, 5) is 17.0. The van der Waals surface area contributed by atoms with Gasteiger partial charge in [-0.25, -0.2) is 0 Å². The van der Waals surface area contributed by atoms with E-state index in [-0.39, 0.29) is 5.78 Å². The van der Waals surface area contributed by atoms with E-state index >= 15 is 0 Å². The lowest BCUT2D eigenvalue weighted by molar-refractivity contribution is 0.0956. The van der Waals surface area contributed by atoms with Gasteiger partial charge >= 0.3 is 0 Å². The zero-order valence-electron chi connectivity index (χ0n) is 12.3. The summed E-state index contributed by atoms with van der Waals surface area (Å²) in [5.74, 6) is 0.230. The molecule has 2 rings (SSSR count). The van der Waals surface area contributed by atoms with Crippen molar-refractivity contribution in [2.75, 3.05) is 33.7 Å². The summed E-state index contributed by atoms with van der Waals surface area (Å²) in [6.45, 7) is 3.09. The van der Waals surface area contributed by atoms with Crippen LogP contribution in [0.2, 0.25) is 0 Å². The van der Waals surface area contributed by atoms with E-state index in [1.54, 1.807) is 0 Å². The van der Waals surface area contributed by atoms with Crippen LogP contribution in [0, 0.1) is 0 Å². The van der Waals surface area contributed by atoms with Gasteiger partial charge in [0.05, 0.1) is 0 Å². The van der Waals surface area contributed by atoms with Gasteiger partial charge in [0.15, 0.2) is 5.78 Å². The third-order valence-corrected chi connectivity index (χ3v) is 4.57. The molecule has 1 aromatic rings. The van der Waals surface area contributed by atoms with Gasteiger partial charge in [0.1, 0.15) is 0 Å². The van der Waals surface area contributed by atoms with Crippen LogP contribution in [0.4, 0.5) is 0 Å². The monoisotopic (exact) mass is 338 g/mol. The molecule has 0 aromatic heterocycles.